The normalized spacial score (nSPS) is 14.6. The van der Waals surface area contributed by atoms with Crippen molar-refractivity contribution in [3.8, 4) is 5.75 Å². The van der Waals surface area contributed by atoms with Crippen molar-refractivity contribution in [2.45, 2.75) is 38.8 Å². The Morgan fingerprint density at radius 3 is 2.62 bits per heavy atom. The van der Waals surface area contributed by atoms with E-state index < -0.39 is 0 Å². The van der Waals surface area contributed by atoms with Crippen LogP contribution in [0.4, 0.5) is 10.1 Å². The molecule has 3 N–H and O–H groups in total. The van der Waals surface area contributed by atoms with E-state index in [0.29, 0.717) is 50.7 Å². The fourth-order valence-electron chi connectivity index (χ4n) is 3.75. The molecule has 0 radical (unpaired) electrons. The van der Waals surface area contributed by atoms with Gasteiger partial charge in [-0.15, -0.1) is 24.0 Å². The number of halogens is 2. The molecule has 0 bridgehead atoms. The molecule has 2 aromatic rings. The maximum absolute atomic E-state index is 14.7. The number of aliphatic hydroxyl groups excluding tert-OH is 1. The van der Waals surface area contributed by atoms with Crippen LogP contribution in [0.3, 0.4) is 0 Å². The predicted octanol–water partition coefficient (Wildman–Crippen LogP) is 3.71. The van der Waals surface area contributed by atoms with E-state index in [0.717, 1.165) is 29.8 Å². The van der Waals surface area contributed by atoms with Gasteiger partial charge in [0.1, 0.15) is 11.6 Å². The zero-order valence-electron chi connectivity index (χ0n) is 18.8. The molecule has 0 spiro atoms. The van der Waals surface area contributed by atoms with Gasteiger partial charge in [0.15, 0.2) is 5.96 Å². The summed E-state index contributed by atoms with van der Waals surface area (Å²) in [5, 5.41) is 16.2. The van der Waals surface area contributed by atoms with Crippen LogP contribution >= 0.6 is 24.0 Å². The second kappa shape index (κ2) is 13.5. The average molecular weight is 556 g/mol. The molecule has 0 saturated carbocycles. The average Bonchev–Trinajstić information content (AvgIpc) is 2.78. The van der Waals surface area contributed by atoms with Crippen molar-refractivity contribution >= 4 is 35.6 Å². The summed E-state index contributed by atoms with van der Waals surface area (Å²) in [7, 11) is 1.68. The number of hydrogen-bond acceptors (Lipinski definition) is 4. The Labute approximate surface area is 207 Å². The first-order valence-electron chi connectivity index (χ1n) is 11.0. The maximum atomic E-state index is 14.7. The minimum absolute atomic E-state index is 0. The summed E-state index contributed by atoms with van der Waals surface area (Å²) in [6, 6.07) is 13.3. The van der Waals surface area contributed by atoms with Gasteiger partial charge in [0.05, 0.1) is 25.4 Å². The van der Waals surface area contributed by atoms with Crippen molar-refractivity contribution in [2.75, 3.05) is 38.2 Å². The van der Waals surface area contributed by atoms with E-state index in [-0.39, 0.29) is 35.9 Å². The number of rotatable bonds is 8. The van der Waals surface area contributed by atoms with Gasteiger partial charge >= 0.3 is 0 Å². The molecule has 176 valence electrons. The molecule has 0 aliphatic carbocycles. The summed E-state index contributed by atoms with van der Waals surface area (Å²) < 4.78 is 20.1. The van der Waals surface area contributed by atoms with Gasteiger partial charge in [-0.1, -0.05) is 24.3 Å². The van der Waals surface area contributed by atoms with Crippen molar-refractivity contribution in [1.82, 2.24) is 10.6 Å². The fourth-order valence-corrected chi connectivity index (χ4v) is 3.75. The van der Waals surface area contributed by atoms with E-state index in [2.05, 4.69) is 21.7 Å². The highest BCUT2D eigenvalue weighted by atomic mass is 127. The van der Waals surface area contributed by atoms with Crippen LogP contribution < -0.4 is 20.3 Å². The topological polar surface area (TPSA) is 69.1 Å². The summed E-state index contributed by atoms with van der Waals surface area (Å²) in [5.74, 6) is 1.34. The molecule has 8 heteroatoms. The highest BCUT2D eigenvalue weighted by Crippen LogP contribution is 2.24. The summed E-state index contributed by atoms with van der Waals surface area (Å²) >= 11 is 0. The summed E-state index contributed by atoms with van der Waals surface area (Å²) in [5.41, 5.74) is 2.55. The number of hydrogen-bond donors (Lipinski definition) is 3. The van der Waals surface area contributed by atoms with Crippen molar-refractivity contribution in [2.24, 2.45) is 4.99 Å². The van der Waals surface area contributed by atoms with E-state index in [1.165, 1.54) is 0 Å². The van der Waals surface area contributed by atoms with Crippen molar-refractivity contribution in [1.29, 1.82) is 0 Å². The van der Waals surface area contributed by atoms with E-state index in [1.807, 2.05) is 42.2 Å². The largest absolute Gasteiger partial charge is 0.496 e. The predicted molar refractivity (Wildman–Crippen MR) is 139 cm³/mol. The number of piperidine rings is 1. The van der Waals surface area contributed by atoms with Gasteiger partial charge in [-0.3, -0.25) is 0 Å². The zero-order valence-corrected chi connectivity index (χ0v) is 21.1. The fraction of sp³-hybridized carbons (Fsp3) is 0.458. The Hall–Kier alpha value is -2.07. The smallest absolute Gasteiger partial charge is 0.191 e. The first-order valence-corrected chi connectivity index (χ1v) is 11.0. The molecular weight excluding hydrogens is 522 g/mol. The molecule has 32 heavy (non-hydrogen) atoms. The molecule has 6 nitrogen and oxygen atoms in total. The van der Waals surface area contributed by atoms with E-state index >= 15 is 0 Å². The Bertz CT molecular complexity index is 873. The highest BCUT2D eigenvalue weighted by Gasteiger charge is 2.19. The van der Waals surface area contributed by atoms with Gasteiger partial charge in [0.25, 0.3) is 0 Å². The van der Waals surface area contributed by atoms with Crippen LogP contribution in [0, 0.1) is 5.82 Å². The van der Waals surface area contributed by atoms with Crippen LogP contribution in [0.1, 0.15) is 30.9 Å². The molecule has 0 unspecified atom stereocenters. The second-order valence-electron chi connectivity index (χ2n) is 7.69. The number of guanidine groups is 1. The molecule has 0 aromatic heterocycles. The van der Waals surface area contributed by atoms with Crippen molar-refractivity contribution in [3.05, 3.63) is 59.4 Å². The van der Waals surface area contributed by atoms with Crippen LogP contribution in [0.2, 0.25) is 0 Å². The number of nitrogens with zero attached hydrogens (tertiary/aromatic N) is 2. The SMILES string of the molecule is CCNC(=NCc1ccc(N2CCC(O)CC2)c(F)c1)NCCc1ccccc1OC.I. The molecule has 1 aliphatic heterocycles. The monoisotopic (exact) mass is 556 g/mol. The Morgan fingerprint density at radius 2 is 1.94 bits per heavy atom. The van der Waals surface area contributed by atoms with Gasteiger partial charge in [-0.2, -0.15) is 0 Å². The Morgan fingerprint density at radius 1 is 1.19 bits per heavy atom. The number of benzene rings is 2. The Kier molecular flexibility index (Phi) is 11.0. The molecule has 3 rings (SSSR count). The van der Waals surface area contributed by atoms with Crippen LogP contribution in [0.15, 0.2) is 47.5 Å². The molecule has 1 heterocycles. The molecule has 0 amide bonds. The molecule has 1 aliphatic rings. The molecule has 0 atom stereocenters. The zero-order chi connectivity index (χ0) is 22.1. The third-order valence-corrected chi connectivity index (χ3v) is 5.46. The number of aliphatic hydroxyl groups is 1. The van der Waals surface area contributed by atoms with Crippen LogP contribution in [-0.4, -0.2) is 50.5 Å². The first-order chi connectivity index (χ1) is 15.1. The third-order valence-electron chi connectivity index (χ3n) is 5.46. The van der Waals surface area contributed by atoms with E-state index in [1.54, 1.807) is 13.2 Å². The molecular formula is C24H34FIN4O2. The molecule has 1 saturated heterocycles. The molecule has 1 fully saturated rings. The van der Waals surface area contributed by atoms with Crippen LogP contribution in [-0.2, 0) is 13.0 Å². The van der Waals surface area contributed by atoms with Gasteiger partial charge in [0, 0.05) is 26.2 Å². The lowest BCUT2D eigenvalue weighted by molar-refractivity contribution is 0.145. The first kappa shape index (κ1) is 26.2. The van der Waals surface area contributed by atoms with Crippen molar-refractivity contribution < 1.29 is 14.2 Å². The van der Waals surface area contributed by atoms with E-state index in [4.69, 9.17) is 4.74 Å². The second-order valence-corrected chi connectivity index (χ2v) is 7.69. The van der Waals surface area contributed by atoms with Crippen LogP contribution in [0.5, 0.6) is 5.75 Å². The number of ether oxygens (including phenoxy) is 1. The minimum Gasteiger partial charge on any atom is -0.496 e. The summed E-state index contributed by atoms with van der Waals surface area (Å²) in [6.45, 7) is 5.21. The number of methoxy groups -OCH3 is 1. The standard InChI is InChI=1S/C24H33FN4O2.HI/c1-3-26-24(27-13-10-19-6-4-5-7-23(19)31-2)28-17-18-8-9-22(21(25)16-18)29-14-11-20(30)12-15-29;/h4-9,16,20,30H,3,10-15,17H2,1-2H3,(H2,26,27,28);1H. The third kappa shape index (κ3) is 7.51. The minimum atomic E-state index is -0.270. The van der Waals surface area contributed by atoms with Crippen LogP contribution in [0.25, 0.3) is 0 Å². The molecule has 2 aromatic carbocycles. The van der Waals surface area contributed by atoms with Gasteiger partial charge in [0.2, 0.25) is 0 Å². The van der Waals surface area contributed by atoms with Gasteiger partial charge in [-0.25, -0.2) is 9.38 Å². The highest BCUT2D eigenvalue weighted by molar-refractivity contribution is 14.0. The van der Waals surface area contributed by atoms with E-state index in [9.17, 15) is 9.50 Å². The Balaban J connectivity index is 0.00000363. The quantitative estimate of drug-likeness (QED) is 0.263. The number of aliphatic imine (C=N–C) groups is 1. The maximum Gasteiger partial charge on any atom is 0.191 e. The number of anilines is 1. The van der Waals surface area contributed by atoms with Crippen molar-refractivity contribution in [3.63, 3.8) is 0 Å². The van der Waals surface area contributed by atoms with Gasteiger partial charge < -0.3 is 25.4 Å². The number of para-hydroxylation sites is 1. The lowest BCUT2D eigenvalue weighted by Gasteiger charge is -2.31. The number of nitrogens with one attached hydrogen (secondary N) is 2. The summed E-state index contributed by atoms with van der Waals surface area (Å²) in [6.07, 6.45) is 1.89. The lowest BCUT2D eigenvalue weighted by Crippen LogP contribution is -2.38. The summed E-state index contributed by atoms with van der Waals surface area (Å²) in [4.78, 5) is 6.60. The van der Waals surface area contributed by atoms with Gasteiger partial charge in [-0.05, 0) is 55.5 Å². The lowest BCUT2D eigenvalue weighted by atomic mass is 10.1.